The molecule has 1 amide bonds. The van der Waals surface area contributed by atoms with Crippen molar-refractivity contribution in [1.29, 1.82) is 0 Å². The largest absolute Gasteiger partial charge is 0.381 e. The highest BCUT2D eigenvalue weighted by atomic mass is 16.5. The number of carbonyl (C=O) groups is 1. The molecular formula is C17H24N2O2. The lowest BCUT2D eigenvalue weighted by molar-refractivity contribution is -0.130. The molecule has 0 radical (unpaired) electrons. The molecule has 21 heavy (non-hydrogen) atoms. The number of hydrogen-bond acceptors (Lipinski definition) is 3. The average molecular weight is 288 g/mol. The number of hydrogen-bond donors (Lipinski definition) is 1. The van der Waals surface area contributed by atoms with Crippen LogP contribution in [0.25, 0.3) is 0 Å². The van der Waals surface area contributed by atoms with Gasteiger partial charge in [0.15, 0.2) is 0 Å². The van der Waals surface area contributed by atoms with Crippen LogP contribution in [0.1, 0.15) is 37.9 Å². The number of nitrogens with one attached hydrogen (secondary N) is 1. The van der Waals surface area contributed by atoms with Gasteiger partial charge in [-0.3, -0.25) is 10.1 Å². The zero-order valence-electron chi connectivity index (χ0n) is 12.6. The molecule has 0 bridgehead atoms. The minimum absolute atomic E-state index is 0.00266. The normalized spacial score (nSPS) is 25.6. The van der Waals surface area contributed by atoms with Crippen molar-refractivity contribution in [2.24, 2.45) is 5.92 Å². The molecule has 4 heteroatoms. The van der Waals surface area contributed by atoms with Gasteiger partial charge in [-0.05, 0) is 37.7 Å². The van der Waals surface area contributed by atoms with Crippen LogP contribution in [0.15, 0.2) is 30.3 Å². The van der Waals surface area contributed by atoms with Crippen molar-refractivity contribution in [3.63, 3.8) is 0 Å². The maximum atomic E-state index is 12.3. The smallest absolute Gasteiger partial charge is 0.241 e. The van der Waals surface area contributed by atoms with Crippen LogP contribution in [0.5, 0.6) is 0 Å². The summed E-state index contributed by atoms with van der Waals surface area (Å²) in [5.41, 5.74) is 1.15. The van der Waals surface area contributed by atoms with E-state index < -0.39 is 0 Å². The highest BCUT2D eigenvalue weighted by molar-refractivity contribution is 5.84. The van der Waals surface area contributed by atoms with Gasteiger partial charge in [0.1, 0.15) is 6.17 Å². The monoisotopic (exact) mass is 288 g/mol. The van der Waals surface area contributed by atoms with Crippen LogP contribution < -0.4 is 5.32 Å². The molecule has 0 spiro atoms. The number of benzene rings is 1. The van der Waals surface area contributed by atoms with E-state index in [4.69, 9.17) is 4.74 Å². The fourth-order valence-electron chi connectivity index (χ4n) is 2.80. The Bertz CT molecular complexity index is 473. The molecule has 1 saturated carbocycles. The van der Waals surface area contributed by atoms with E-state index >= 15 is 0 Å². The molecule has 1 saturated heterocycles. The zero-order chi connectivity index (χ0) is 14.7. The van der Waals surface area contributed by atoms with Crippen LogP contribution in [-0.2, 0) is 9.53 Å². The maximum Gasteiger partial charge on any atom is 0.241 e. The van der Waals surface area contributed by atoms with Crippen molar-refractivity contribution in [2.45, 2.75) is 38.4 Å². The zero-order valence-corrected chi connectivity index (χ0v) is 12.6. The Labute approximate surface area is 126 Å². The standard InChI is InChI=1S/C17H24N2O2/c1-13-17(20)19(10-5-11-21-12-14-8-9-14)16(18-13)15-6-3-2-4-7-15/h2-4,6-7,13-14,16,18H,5,8-12H2,1H3. The first kappa shape index (κ1) is 14.5. The third-order valence-corrected chi connectivity index (χ3v) is 4.23. The molecule has 4 nitrogen and oxygen atoms in total. The molecule has 1 N–H and O–H groups in total. The van der Waals surface area contributed by atoms with Crippen LogP contribution in [0.3, 0.4) is 0 Å². The second-order valence-electron chi connectivity index (χ2n) is 6.11. The number of carbonyl (C=O) groups excluding carboxylic acids is 1. The number of rotatable bonds is 7. The van der Waals surface area contributed by atoms with Gasteiger partial charge in [0.05, 0.1) is 6.04 Å². The first-order chi connectivity index (χ1) is 10.3. The van der Waals surface area contributed by atoms with Gasteiger partial charge in [-0.15, -0.1) is 0 Å². The summed E-state index contributed by atoms with van der Waals surface area (Å²) in [6.07, 6.45) is 3.54. The number of amides is 1. The molecule has 2 atom stereocenters. The molecule has 0 aromatic heterocycles. The summed E-state index contributed by atoms with van der Waals surface area (Å²) in [7, 11) is 0. The highest BCUT2D eigenvalue weighted by Gasteiger charge is 2.36. The summed E-state index contributed by atoms with van der Waals surface area (Å²) in [4.78, 5) is 14.2. The molecule has 114 valence electrons. The van der Waals surface area contributed by atoms with Gasteiger partial charge >= 0.3 is 0 Å². The number of nitrogens with zero attached hydrogens (tertiary/aromatic N) is 1. The van der Waals surface area contributed by atoms with Crippen molar-refractivity contribution in [3.05, 3.63) is 35.9 Å². The van der Waals surface area contributed by atoms with Crippen LogP contribution >= 0.6 is 0 Å². The third kappa shape index (κ3) is 3.63. The van der Waals surface area contributed by atoms with Gasteiger partial charge in [-0.2, -0.15) is 0 Å². The van der Waals surface area contributed by atoms with Gasteiger partial charge in [0, 0.05) is 19.8 Å². The summed E-state index contributed by atoms with van der Waals surface area (Å²) in [6, 6.07) is 10.1. The van der Waals surface area contributed by atoms with Crippen LogP contribution in [0.4, 0.5) is 0 Å². The number of ether oxygens (including phenoxy) is 1. The van der Waals surface area contributed by atoms with E-state index in [1.807, 2.05) is 30.0 Å². The fraction of sp³-hybridized carbons (Fsp3) is 0.588. The Balaban J connectivity index is 1.53. The Morgan fingerprint density at radius 2 is 2.05 bits per heavy atom. The highest BCUT2D eigenvalue weighted by Crippen LogP contribution is 2.29. The SMILES string of the molecule is CC1NC(c2ccccc2)N(CCCOCC2CC2)C1=O. The Morgan fingerprint density at radius 3 is 2.76 bits per heavy atom. The molecule has 1 aromatic rings. The first-order valence-electron chi connectivity index (χ1n) is 7.95. The van der Waals surface area contributed by atoms with Gasteiger partial charge in [-0.1, -0.05) is 30.3 Å². The summed E-state index contributed by atoms with van der Waals surface area (Å²) < 4.78 is 5.66. The minimum Gasteiger partial charge on any atom is -0.381 e. The molecule has 1 aromatic carbocycles. The van der Waals surface area contributed by atoms with E-state index in [0.717, 1.165) is 37.7 Å². The van der Waals surface area contributed by atoms with Crippen LogP contribution in [0, 0.1) is 5.92 Å². The topological polar surface area (TPSA) is 41.6 Å². The van der Waals surface area contributed by atoms with E-state index in [0.29, 0.717) is 0 Å². The van der Waals surface area contributed by atoms with E-state index in [1.165, 1.54) is 12.8 Å². The molecule has 3 rings (SSSR count). The molecule has 1 aliphatic heterocycles. The molecule has 2 unspecified atom stereocenters. The summed E-state index contributed by atoms with van der Waals surface area (Å²) in [5.74, 6) is 0.989. The molecule has 1 heterocycles. The summed E-state index contributed by atoms with van der Waals surface area (Å²) >= 11 is 0. The Hall–Kier alpha value is -1.39. The molecule has 2 aliphatic rings. The van der Waals surface area contributed by atoms with Crippen molar-refractivity contribution >= 4 is 5.91 Å². The van der Waals surface area contributed by atoms with Crippen LogP contribution in [0.2, 0.25) is 0 Å². The van der Waals surface area contributed by atoms with Crippen molar-refractivity contribution in [2.75, 3.05) is 19.8 Å². The van der Waals surface area contributed by atoms with Gasteiger partial charge < -0.3 is 9.64 Å². The summed E-state index contributed by atoms with van der Waals surface area (Å²) in [5, 5.41) is 3.37. The lowest BCUT2D eigenvalue weighted by Gasteiger charge is -2.24. The molecule has 1 aliphatic carbocycles. The van der Waals surface area contributed by atoms with E-state index in [1.54, 1.807) is 0 Å². The maximum absolute atomic E-state index is 12.3. The Morgan fingerprint density at radius 1 is 1.29 bits per heavy atom. The van der Waals surface area contributed by atoms with Gasteiger partial charge in [0.25, 0.3) is 0 Å². The van der Waals surface area contributed by atoms with Gasteiger partial charge in [-0.25, -0.2) is 0 Å². The predicted molar refractivity (Wildman–Crippen MR) is 81.7 cm³/mol. The summed E-state index contributed by atoms with van der Waals surface area (Å²) in [6.45, 7) is 4.32. The molecule has 2 fully saturated rings. The van der Waals surface area contributed by atoms with E-state index in [9.17, 15) is 4.79 Å². The van der Waals surface area contributed by atoms with E-state index in [2.05, 4.69) is 17.4 Å². The first-order valence-corrected chi connectivity index (χ1v) is 7.95. The second kappa shape index (κ2) is 6.58. The molecular weight excluding hydrogens is 264 g/mol. The van der Waals surface area contributed by atoms with Crippen molar-refractivity contribution < 1.29 is 9.53 Å². The minimum atomic E-state index is -0.109. The van der Waals surface area contributed by atoms with Crippen molar-refractivity contribution in [1.82, 2.24) is 10.2 Å². The quantitative estimate of drug-likeness (QED) is 0.783. The predicted octanol–water partition coefficient (Wildman–Crippen LogP) is 2.32. The fourth-order valence-corrected chi connectivity index (χ4v) is 2.80. The third-order valence-electron chi connectivity index (χ3n) is 4.23. The Kier molecular flexibility index (Phi) is 4.56. The lowest BCUT2D eigenvalue weighted by Crippen LogP contribution is -2.32. The lowest BCUT2D eigenvalue weighted by atomic mass is 10.1. The average Bonchev–Trinajstić information content (AvgIpc) is 3.29. The van der Waals surface area contributed by atoms with Crippen LogP contribution in [-0.4, -0.2) is 36.6 Å². The van der Waals surface area contributed by atoms with E-state index in [-0.39, 0.29) is 18.1 Å². The van der Waals surface area contributed by atoms with Gasteiger partial charge in [0.2, 0.25) is 5.91 Å². The second-order valence-corrected chi connectivity index (χ2v) is 6.11. The van der Waals surface area contributed by atoms with Crippen molar-refractivity contribution in [3.8, 4) is 0 Å².